The average Bonchev–Trinajstić information content (AvgIpc) is 2.59. The molecule has 24 heavy (non-hydrogen) atoms. The van der Waals surface area contributed by atoms with Gasteiger partial charge in [-0.05, 0) is 47.9 Å². The van der Waals surface area contributed by atoms with Crippen LogP contribution in [-0.4, -0.2) is 23.6 Å². The van der Waals surface area contributed by atoms with Crippen molar-refractivity contribution >= 4 is 23.6 Å². The highest BCUT2D eigenvalue weighted by atomic mass is 16.5. The van der Waals surface area contributed by atoms with Gasteiger partial charge in [-0.25, -0.2) is 4.79 Å². The van der Waals surface area contributed by atoms with Crippen molar-refractivity contribution in [2.24, 2.45) is 0 Å². The van der Waals surface area contributed by atoms with Crippen LogP contribution in [0.2, 0.25) is 0 Å². The van der Waals surface area contributed by atoms with Gasteiger partial charge < -0.3 is 15.2 Å². The molecule has 0 aliphatic heterocycles. The molecule has 0 saturated heterocycles. The number of carbonyl (C=O) groups excluding carboxylic acids is 1. The lowest BCUT2D eigenvalue weighted by Gasteiger charge is -2.08. The molecule has 0 unspecified atom stereocenters. The second-order valence-corrected chi connectivity index (χ2v) is 5.13. The molecule has 0 bridgehead atoms. The maximum Gasteiger partial charge on any atom is 0.328 e. The normalized spacial score (nSPS) is 10.5. The van der Waals surface area contributed by atoms with E-state index < -0.39 is 5.97 Å². The number of nitrogens with one attached hydrogen (secondary N) is 1. The minimum atomic E-state index is -1.00. The number of carboxylic acid groups (broad SMARTS) is 1. The second-order valence-electron chi connectivity index (χ2n) is 5.13. The van der Waals surface area contributed by atoms with Gasteiger partial charge in [0.1, 0.15) is 5.75 Å². The molecule has 0 aromatic heterocycles. The first-order chi connectivity index (χ1) is 11.6. The number of carbonyl (C=O) groups is 2. The zero-order valence-corrected chi connectivity index (χ0v) is 13.4. The Hall–Kier alpha value is -3.08. The predicted octanol–water partition coefficient (Wildman–Crippen LogP) is 3.36. The van der Waals surface area contributed by atoms with Gasteiger partial charge in [-0.2, -0.15) is 0 Å². The van der Waals surface area contributed by atoms with Gasteiger partial charge in [0.05, 0.1) is 0 Å². The van der Waals surface area contributed by atoms with Crippen LogP contribution in [0.4, 0.5) is 5.69 Å². The van der Waals surface area contributed by atoms with Crippen LogP contribution >= 0.6 is 0 Å². The van der Waals surface area contributed by atoms with Crippen LogP contribution in [0.5, 0.6) is 5.75 Å². The van der Waals surface area contributed by atoms with Crippen molar-refractivity contribution in [1.82, 2.24) is 0 Å². The lowest BCUT2D eigenvalue weighted by Crippen LogP contribution is -2.20. The van der Waals surface area contributed by atoms with Gasteiger partial charge in [0.25, 0.3) is 5.91 Å². The monoisotopic (exact) mass is 325 g/mol. The fraction of sp³-hybridized carbons (Fsp3) is 0.158. The standard InChI is InChI=1S/C19H19NO4/c1-2-14-3-8-16(9-4-14)20-18(21)13-24-17-10-5-15(6-11-17)7-12-19(22)23/h3-12H,2,13H2,1H3,(H,20,21)(H,22,23)/b12-7+. The first-order valence-electron chi connectivity index (χ1n) is 7.59. The van der Waals surface area contributed by atoms with Gasteiger partial charge in [-0.3, -0.25) is 4.79 Å². The largest absolute Gasteiger partial charge is 0.484 e. The maximum absolute atomic E-state index is 11.9. The molecule has 2 aromatic carbocycles. The number of rotatable bonds is 7. The maximum atomic E-state index is 11.9. The van der Waals surface area contributed by atoms with Gasteiger partial charge >= 0.3 is 5.97 Å². The summed E-state index contributed by atoms with van der Waals surface area (Å²) in [5, 5.41) is 11.3. The van der Waals surface area contributed by atoms with Crippen LogP contribution in [0.15, 0.2) is 54.6 Å². The molecule has 0 saturated carbocycles. The summed E-state index contributed by atoms with van der Waals surface area (Å²) in [5.74, 6) is -0.702. The Kier molecular flexibility index (Phi) is 6.14. The molecular formula is C19H19NO4. The highest BCUT2D eigenvalue weighted by molar-refractivity contribution is 5.91. The molecule has 0 radical (unpaired) electrons. The van der Waals surface area contributed by atoms with Crippen LogP contribution in [-0.2, 0) is 16.0 Å². The summed E-state index contributed by atoms with van der Waals surface area (Å²) in [5.41, 5.74) is 2.68. The van der Waals surface area contributed by atoms with E-state index >= 15 is 0 Å². The zero-order chi connectivity index (χ0) is 17.4. The van der Waals surface area contributed by atoms with Crippen molar-refractivity contribution in [3.05, 3.63) is 65.7 Å². The Labute approximate surface area is 140 Å². The molecule has 0 aliphatic rings. The topological polar surface area (TPSA) is 75.6 Å². The van der Waals surface area contributed by atoms with Gasteiger partial charge in [0.2, 0.25) is 0 Å². The van der Waals surface area contributed by atoms with E-state index in [9.17, 15) is 9.59 Å². The van der Waals surface area contributed by atoms with E-state index in [1.165, 1.54) is 11.6 Å². The minimum Gasteiger partial charge on any atom is -0.484 e. The number of aryl methyl sites for hydroxylation is 1. The number of ether oxygens (including phenoxy) is 1. The smallest absolute Gasteiger partial charge is 0.328 e. The van der Waals surface area contributed by atoms with Crippen LogP contribution in [0.1, 0.15) is 18.1 Å². The molecule has 2 aromatic rings. The van der Waals surface area contributed by atoms with Crippen molar-refractivity contribution in [2.75, 3.05) is 11.9 Å². The van der Waals surface area contributed by atoms with E-state index in [1.807, 2.05) is 24.3 Å². The van der Waals surface area contributed by atoms with Crippen LogP contribution < -0.4 is 10.1 Å². The van der Waals surface area contributed by atoms with Crippen molar-refractivity contribution in [2.45, 2.75) is 13.3 Å². The Morgan fingerprint density at radius 2 is 1.75 bits per heavy atom. The van der Waals surface area contributed by atoms with Crippen molar-refractivity contribution < 1.29 is 19.4 Å². The van der Waals surface area contributed by atoms with Gasteiger partial charge in [0, 0.05) is 11.8 Å². The molecule has 0 heterocycles. The van der Waals surface area contributed by atoms with Crippen molar-refractivity contribution in [1.29, 1.82) is 0 Å². The zero-order valence-electron chi connectivity index (χ0n) is 13.4. The molecular weight excluding hydrogens is 306 g/mol. The Morgan fingerprint density at radius 1 is 1.08 bits per heavy atom. The highest BCUT2D eigenvalue weighted by Crippen LogP contribution is 2.14. The van der Waals surface area contributed by atoms with Gasteiger partial charge in [-0.1, -0.05) is 31.2 Å². The highest BCUT2D eigenvalue weighted by Gasteiger charge is 2.04. The molecule has 2 N–H and O–H groups in total. The fourth-order valence-electron chi connectivity index (χ4n) is 2.01. The lowest BCUT2D eigenvalue weighted by atomic mass is 10.1. The molecule has 0 aliphatic carbocycles. The van der Waals surface area contributed by atoms with E-state index in [4.69, 9.17) is 9.84 Å². The van der Waals surface area contributed by atoms with Crippen LogP contribution in [0, 0.1) is 0 Å². The molecule has 5 heteroatoms. The molecule has 1 amide bonds. The Balaban J connectivity index is 1.83. The number of anilines is 1. The third kappa shape index (κ3) is 5.61. The fourth-order valence-corrected chi connectivity index (χ4v) is 2.01. The quantitative estimate of drug-likeness (QED) is 0.765. The summed E-state index contributed by atoms with van der Waals surface area (Å²) >= 11 is 0. The molecule has 2 rings (SSSR count). The van der Waals surface area contributed by atoms with Gasteiger partial charge in [0.15, 0.2) is 6.61 Å². The number of carboxylic acids is 1. The average molecular weight is 325 g/mol. The molecule has 0 spiro atoms. The van der Waals surface area contributed by atoms with E-state index in [-0.39, 0.29) is 12.5 Å². The Morgan fingerprint density at radius 3 is 2.33 bits per heavy atom. The summed E-state index contributed by atoms with van der Waals surface area (Å²) in [6.45, 7) is 1.98. The third-order valence-electron chi connectivity index (χ3n) is 3.31. The number of benzene rings is 2. The SMILES string of the molecule is CCc1ccc(NC(=O)COc2ccc(/C=C/C(=O)O)cc2)cc1. The number of hydrogen-bond acceptors (Lipinski definition) is 3. The molecule has 0 fully saturated rings. The third-order valence-corrected chi connectivity index (χ3v) is 3.31. The summed E-state index contributed by atoms with van der Waals surface area (Å²) in [4.78, 5) is 22.3. The van der Waals surface area contributed by atoms with Crippen LogP contribution in [0.25, 0.3) is 6.08 Å². The summed E-state index contributed by atoms with van der Waals surface area (Å²) < 4.78 is 5.41. The van der Waals surface area contributed by atoms with E-state index in [2.05, 4.69) is 12.2 Å². The second kappa shape index (κ2) is 8.53. The number of hydrogen-bond donors (Lipinski definition) is 2. The summed E-state index contributed by atoms with van der Waals surface area (Å²) in [7, 11) is 0. The van der Waals surface area contributed by atoms with Crippen molar-refractivity contribution in [3.8, 4) is 5.75 Å². The first kappa shape index (κ1) is 17.3. The van der Waals surface area contributed by atoms with Gasteiger partial charge in [-0.15, -0.1) is 0 Å². The van der Waals surface area contributed by atoms with Crippen LogP contribution in [0.3, 0.4) is 0 Å². The van der Waals surface area contributed by atoms with E-state index in [1.54, 1.807) is 24.3 Å². The molecule has 124 valence electrons. The number of amides is 1. The first-order valence-corrected chi connectivity index (χ1v) is 7.59. The number of aliphatic carboxylic acids is 1. The summed E-state index contributed by atoms with van der Waals surface area (Å²) in [6, 6.07) is 14.5. The Bertz CT molecular complexity index is 718. The molecule has 0 atom stereocenters. The summed E-state index contributed by atoms with van der Waals surface area (Å²) in [6.07, 6.45) is 3.50. The molecule has 5 nitrogen and oxygen atoms in total. The van der Waals surface area contributed by atoms with E-state index in [0.29, 0.717) is 5.75 Å². The minimum absolute atomic E-state index is 0.0974. The lowest BCUT2D eigenvalue weighted by molar-refractivity contribution is -0.131. The van der Waals surface area contributed by atoms with E-state index in [0.717, 1.165) is 23.7 Å². The van der Waals surface area contributed by atoms with Crippen molar-refractivity contribution in [3.63, 3.8) is 0 Å². The predicted molar refractivity (Wildman–Crippen MR) is 93.1 cm³/mol.